The number of likely N-dealkylation sites (N-methyl/N-ethyl adjacent to an activating group) is 1. The predicted octanol–water partition coefficient (Wildman–Crippen LogP) is 1.08. The molecular weight excluding hydrogens is 234 g/mol. The molecule has 0 unspecified atom stereocenters. The number of carbonyl (C=O) groups is 1. The first-order chi connectivity index (χ1) is 8.67. The molecule has 100 valence electrons. The SMILES string of the molecule is CCN(CCO)CCOc1cccc(C(=O)O)c1. The second-order valence-corrected chi connectivity index (χ2v) is 3.84. The van der Waals surface area contributed by atoms with Crippen molar-refractivity contribution >= 4 is 5.97 Å². The summed E-state index contributed by atoms with van der Waals surface area (Å²) in [6.07, 6.45) is 0. The fourth-order valence-electron chi connectivity index (χ4n) is 1.58. The highest BCUT2D eigenvalue weighted by Gasteiger charge is 2.05. The van der Waals surface area contributed by atoms with Gasteiger partial charge in [0.2, 0.25) is 0 Å². The maximum Gasteiger partial charge on any atom is 0.335 e. The van der Waals surface area contributed by atoms with Crippen LogP contribution < -0.4 is 4.74 Å². The molecule has 5 nitrogen and oxygen atoms in total. The van der Waals surface area contributed by atoms with Crippen molar-refractivity contribution in [1.82, 2.24) is 4.90 Å². The van der Waals surface area contributed by atoms with Gasteiger partial charge in [0, 0.05) is 13.1 Å². The number of aliphatic hydroxyl groups excluding tert-OH is 1. The number of aromatic carboxylic acids is 1. The molecule has 1 aromatic rings. The lowest BCUT2D eigenvalue weighted by Crippen LogP contribution is -2.30. The molecule has 18 heavy (non-hydrogen) atoms. The van der Waals surface area contributed by atoms with Crippen LogP contribution in [0.1, 0.15) is 17.3 Å². The third kappa shape index (κ3) is 4.73. The van der Waals surface area contributed by atoms with E-state index >= 15 is 0 Å². The predicted molar refractivity (Wildman–Crippen MR) is 68.1 cm³/mol. The molecule has 2 N–H and O–H groups in total. The molecule has 0 amide bonds. The molecule has 0 atom stereocenters. The number of aliphatic hydroxyl groups is 1. The number of rotatable bonds is 8. The summed E-state index contributed by atoms with van der Waals surface area (Å²) in [4.78, 5) is 12.8. The van der Waals surface area contributed by atoms with E-state index < -0.39 is 5.97 Å². The second-order valence-electron chi connectivity index (χ2n) is 3.84. The summed E-state index contributed by atoms with van der Waals surface area (Å²) in [5.41, 5.74) is 0.218. The molecule has 0 radical (unpaired) electrons. The summed E-state index contributed by atoms with van der Waals surface area (Å²) in [5, 5.41) is 17.7. The molecule has 0 aliphatic carbocycles. The Kier molecular flexibility index (Phi) is 6.18. The summed E-state index contributed by atoms with van der Waals surface area (Å²) >= 11 is 0. The lowest BCUT2D eigenvalue weighted by Gasteiger charge is -2.19. The fourth-order valence-corrected chi connectivity index (χ4v) is 1.58. The van der Waals surface area contributed by atoms with Crippen molar-refractivity contribution in [3.8, 4) is 5.75 Å². The number of carboxylic acid groups (broad SMARTS) is 1. The van der Waals surface area contributed by atoms with E-state index in [9.17, 15) is 4.79 Å². The zero-order chi connectivity index (χ0) is 13.4. The van der Waals surface area contributed by atoms with Gasteiger partial charge in [-0.25, -0.2) is 4.79 Å². The molecule has 0 heterocycles. The van der Waals surface area contributed by atoms with Crippen LogP contribution in [-0.2, 0) is 0 Å². The molecule has 0 spiro atoms. The molecule has 0 fully saturated rings. The van der Waals surface area contributed by atoms with Gasteiger partial charge in [-0.2, -0.15) is 0 Å². The summed E-state index contributed by atoms with van der Waals surface area (Å²) in [6.45, 7) is 4.78. The Morgan fingerprint density at radius 2 is 2.17 bits per heavy atom. The summed E-state index contributed by atoms with van der Waals surface area (Å²) in [5.74, 6) is -0.411. The Morgan fingerprint density at radius 1 is 1.39 bits per heavy atom. The van der Waals surface area contributed by atoms with Crippen molar-refractivity contribution in [1.29, 1.82) is 0 Å². The van der Waals surface area contributed by atoms with Crippen molar-refractivity contribution in [2.45, 2.75) is 6.92 Å². The first-order valence-corrected chi connectivity index (χ1v) is 5.96. The van der Waals surface area contributed by atoms with Crippen LogP contribution in [-0.4, -0.2) is 53.9 Å². The van der Waals surface area contributed by atoms with Gasteiger partial charge in [-0.3, -0.25) is 4.90 Å². The molecule has 1 aromatic carbocycles. The van der Waals surface area contributed by atoms with E-state index in [0.717, 1.165) is 6.54 Å². The quantitative estimate of drug-likeness (QED) is 0.725. The van der Waals surface area contributed by atoms with Gasteiger partial charge < -0.3 is 14.9 Å². The Hall–Kier alpha value is -1.59. The highest BCUT2D eigenvalue weighted by atomic mass is 16.5. The minimum Gasteiger partial charge on any atom is -0.492 e. The van der Waals surface area contributed by atoms with E-state index in [1.165, 1.54) is 12.1 Å². The molecule has 0 bridgehead atoms. The smallest absolute Gasteiger partial charge is 0.335 e. The number of carboxylic acids is 1. The van der Waals surface area contributed by atoms with Crippen molar-refractivity contribution in [2.24, 2.45) is 0 Å². The summed E-state index contributed by atoms with van der Waals surface area (Å²) in [7, 11) is 0. The molecule has 0 aromatic heterocycles. The minimum absolute atomic E-state index is 0.127. The maximum atomic E-state index is 10.8. The largest absolute Gasteiger partial charge is 0.492 e. The maximum absolute atomic E-state index is 10.8. The third-order valence-electron chi connectivity index (χ3n) is 2.62. The van der Waals surface area contributed by atoms with Crippen molar-refractivity contribution < 1.29 is 19.7 Å². The van der Waals surface area contributed by atoms with E-state index in [2.05, 4.69) is 4.90 Å². The Labute approximate surface area is 107 Å². The molecule has 0 saturated heterocycles. The fraction of sp³-hybridized carbons (Fsp3) is 0.462. The van der Waals surface area contributed by atoms with Gasteiger partial charge in [0.25, 0.3) is 0 Å². The van der Waals surface area contributed by atoms with Gasteiger partial charge in [-0.15, -0.1) is 0 Å². The summed E-state index contributed by atoms with van der Waals surface area (Å²) < 4.78 is 5.49. The Balaban J connectivity index is 2.43. The Morgan fingerprint density at radius 3 is 2.78 bits per heavy atom. The zero-order valence-electron chi connectivity index (χ0n) is 10.5. The van der Waals surface area contributed by atoms with E-state index in [1.54, 1.807) is 12.1 Å². The Bertz CT molecular complexity index is 381. The topological polar surface area (TPSA) is 70.0 Å². The van der Waals surface area contributed by atoms with Crippen LogP contribution >= 0.6 is 0 Å². The molecule has 1 rings (SSSR count). The van der Waals surface area contributed by atoms with E-state index in [1.807, 2.05) is 6.92 Å². The number of benzene rings is 1. The monoisotopic (exact) mass is 253 g/mol. The normalized spacial score (nSPS) is 10.6. The number of hydrogen-bond donors (Lipinski definition) is 2. The number of ether oxygens (including phenoxy) is 1. The van der Waals surface area contributed by atoms with Crippen LogP contribution in [0.2, 0.25) is 0 Å². The first kappa shape index (κ1) is 14.5. The molecule has 5 heteroatoms. The van der Waals surface area contributed by atoms with Gasteiger partial charge in [-0.1, -0.05) is 13.0 Å². The molecule has 0 aliphatic rings. The van der Waals surface area contributed by atoms with Gasteiger partial charge in [0.15, 0.2) is 0 Å². The number of nitrogens with zero attached hydrogens (tertiary/aromatic N) is 1. The lowest BCUT2D eigenvalue weighted by atomic mass is 10.2. The van der Waals surface area contributed by atoms with Crippen molar-refractivity contribution in [3.63, 3.8) is 0 Å². The van der Waals surface area contributed by atoms with Gasteiger partial charge in [0.1, 0.15) is 12.4 Å². The van der Waals surface area contributed by atoms with Crippen LogP contribution in [0.5, 0.6) is 5.75 Å². The average molecular weight is 253 g/mol. The molecule has 0 saturated carbocycles. The standard InChI is InChI=1S/C13H19NO4/c1-2-14(6-8-15)7-9-18-12-5-3-4-11(10-12)13(16)17/h3-5,10,15H,2,6-9H2,1H3,(H,16,17). The van der Waals surface area contributed by atoms with Gasteiger partial charge in [0.05, 0.1) is 12.2 Å². The average Bonchev–Trinajstić information content (AvgIpc) is 2.38. The van der Waals surface area contributed by atoms with E-state index in [-0.39, 0.29) is 12.2 Å². The zero-order valence-corrected chi connectivity index (χ0v) is 10.5. The number of hydrogen-bond acceptors (Lipinski definition) is 4. The highest BCUT2D eigenvalue weighted by molar-refractivity contribution is 5.87. The van der Waals surface area contributed by atoms with E-state index in [0.29, 0.717) is 25.4 Å². The van der Waals surface area contributed by atoms with Gasteiger partial charge >= 0.3 is 5.97 Å². The van der Waals surface area contributed by atoms with Crippen LogP contribution in [0, 0.1) is 0 Å². The van der Waals surface area contributed by atoms with Crippen LogP contribution in [0.4, 0.5) is 0 Å². The summed E-state index contributed by atoms with van der Waals surface area (Å²) in [6, 6.07) is 6.42. The van der Waals surface area contributed by atoms with Gasteiger partial charge in [-0.05, 0) is 24.7 Å². The first-order valence-electron chi connectivity index (χ1n) is 5.96. The molecule has 0 aliphatic heterocycles. The lowest BCUT2D eigenvalue weighted by molar-refractivity contribution is 0.0696. The van der Waals surface area contributed by atoms with Crippen LogP contribution in [0.15, 0.2) is 24.3 Å². The van der Waals surface area contributed by atoms with E-state index in [4.69, 9.17) is 14.9 Å². The minimum atomic E-state index is -0.962. The van der Waals surface area contributed by atoms with Crippen LogP contribution in [0.25, 0.3) is 0 Å². The molecular formula is C13H19NO4. The van der Waals surface area contributed by atoms with Crippen molar-refractivity contribution in [2.75, 3.05) is 32.8 Å². The highest BCUT2D eigenvalue weighted by Crippen LogP contribution is 2.13. The second kappa shape index (κ2) is 7.68. The van der Waals surface area contributed by atoms with Crippen LogP contribution in [0.3, 0.4) is 0 Å². The third-order valence-corrected chi connectivity index (χ3v) is 2.62. The van der Waals surface area contributed by atoms with Crippen molar-refractivity contribution in [3.05, 3.63) is 29.8 Å².